The first-order chi connectivity index (χ1) is 12.8. The van der Waals surface area contributed by atoms with Gasteiger partial charge in [-0.15, -0.1) is 0 Å². The molecule has 1 aromatic heterocycles. The topological polar surface area (TPSA) is 45.5 Å². The number of hydrogen-bond acceptors (Lipinski definition) is 3. The van der Waals surface area contributed by atoms with Crippen molar-refractivity contribution in [1.82, 2.24) is 14.4 Å². The van der Waals surface area contributed by atoms with E-state index >= 15 is 0 Å². The van der Waals surface area contributed by atoms with Gasteiger partial charge < -0.3 is 9.47 Å². The third-order valence-electron chi connectivity index (χ3n) is 5.16. The SMILES string of the molecule is CC(C)(C)c1ccc(CN2CCN(C(=O)Cn3ccccc3=O)CC2)cc1. The van der Waals surface area contributed by atoms with Crippen LogP contribution >= 0.6 is 0 Å². The molecule has 0 N–H and O–H groups in total. The number of amides is 1. The highest BCUT2D eigenvalue weighted by Gasteiger charge is 2.21. The highest BCUT2D eigenvalue weighted by molar-refractivity contribution is 5.76. The maximum absolute atomic E-state index is 12.5. The molecule has 144 valence electrons. The second-order valence-corrected chi connectivity index (χ2v) is 8.27. The summed E-state index contributed by atoms with van der Waals surface area (Å²) in [5, 5.41) is 0. The van der Waals surface area contributed by atoms with E-state index < -0.39 is 0 Å². The minimum absolute atomic E-state index is 0.0116. The lowest BCUT2D eigenvalue weighted by Crippen LogP contribution is -2.49. The summed E-state index contributed by atoms with van der Waals surface area (Å²) in [6.45, 7) is 10.8. The van der Waals surface area contributed by atoms with Crippen LogP contribution in [0.3, 0.4) is 0 Å². The van der Waals surface area contributed by atoms with Gasteiger partial charge in [0, 0.05) is 45.0 Å². The summed E-state index contributed by atoms with van der Waals surface area (Å²) >= 11 is 0. The monoisotopic (exact) mass is 367 g/mol. The first-order valence-corrected chi connectivity index (χ1v) is 9.58. The molecular formula is C22H29N3O2. The van der Waals surface area contributed by atoms with Crippen molar-refractivity contribution in [2.45, 2.75) is 39.3 Å². The minimum atomic E-state index is -0.136. The number of piperazine rings is 1. The average molecular weight is 367 g/mol. The number of nitrogens with zero attached hydrogens (tertiary/aromatic N) is 3. The molecule has 5 nitrogen and oxygen atoms in total. The number of benzene rings is 1. The van der Waals surface area contributed by atoms with Crippen molar-refractivity contribution < 1.29 is 4.79 Å². The summed E-state index contributed by atoms with van der Waals surface area (Å²) in [4.78, 5) is 28.5. The molecule has 1 saturated heterocycles. The van der Waals surface area contributed by atoms with Crippen molar-refractivity contribution in [1.29, 1.82) is 0 Å². The maximum Gasteiger partial charge on any atom is 0.250 e. The Bertz CT molecular complexity index is 826. The van der Waals surface area contributed by atoms with Gasteiger partial charge in [-0.2, -0.15) is 0 Å². The van der Waals surface area contributed by atoms with Gasteiger partial charge in [0.15, 0.2) is 0 Å². The van der Waals surface area contributed by atoms with Gasteiger partial charge in [-0.1, -0.05) is 51.1 Å². The molecule has 1 aliphatic rings. The van der Waals surface area contributed by atoms with Gasteiger partial charge in [0.1, 0.15) is 6.54 Å². The standard InChI is InChI=1S/C22H29N3O2/c1-22(2,3)19-9-7-18(8-10-19)16-23-12-14-24(15-13-23)21(27)17-25-11-5-4-6-20(25)26/h4-11H,12-17H2,1-3H3. The number of hydrogen-bond donors (Lipinski definition) is 0. The Hall–Kier alpha value is -2.40. The zero-order valence-corrected chi connectivity index (χ0v) is 16.5. The average Bonchev–Trinajstić information content (AvgIpc) is 2.64. The highest BCUT2D eigenvalue weighted by Crippen LogP contribution is 2.22. The van der Waals surface area contributed by atoms with Gasteiger partial charge in [-0.3, -0.25) is 14.5 Å². The van der Waals surface area contributed by atoms with Crippen LogP contribution in [0.15, 0.2) is 53.5 Å². The van der Waals surface area contributed by atoms with Crippen LogP contribution in [0.5, 0.6) is 0 Å². The summed E-state index contributed by atoms with van der Waals surface area (Å²) in [5.74, 6) is 0.0116. The number of carbonyl (C=O) groups is 1. The van der Waals surface area contributed by atoms with E-state index in [-0.39, 0.29) is 23.4 Å². The lowest BCUT2D eigenvalue weighted by molar-refractivity contribution is -0.133. The highest BCUT2D eigenvalue weighted by atomic mass is 16.2. The maximum atomic E-state index is 12.5. The Kier molecular flexibility index (Phi) is 5.80. The van der Waals surface area contributed by atoms with E-state index in [2.05, 4.69) is 49.9 Å². The summed E-state index contributed by atoms with van der Waals surface area (Å²) in [5.41, 5.74) is 2.69. The molecule has 0 aliphatic carbocycles. The van der Waals surface area contributed by atoms with Crippen LogP contribution < -0.4 is 5.56 Å². The summed E-state index contributed by atoms with van der Waals surface area (Å²) < 4.78 is 1.46. The number of aromatic nitrogens is 1. The van der Waals surface area contributed by atoms with Crippen LogP contribution in [0, 0.1) is 0 Å². The van der Waals surface area contributed by atoms with Crippen LogP contribution in [0.25, 0.3) is 0 Å². The fraction of sp³-hybridized carbons (Fsp3) is 0.455. The molecule has 3 rings (SSSR count). The third-order valence-corrected chi connectivity index (χ3v) is 5.16. The predicted molar refractivity (Wildman–Crippen MR) is 108 cm³/mol. The summed E-state index contributed by atoms with van der Waals surface area (Å²) in [6, 6.07) is 13.8. The predicted octanol–water partition coefficient (Wildman–Crippen LogP) is 2.49. The first kappa shape index (κ1) is 19.4. The van der Waals surface area contributed by atoms with Crippen LogP contribution in [0.2, 0.25) is 0 Å². The molecule has 0 atom stereocenters. The Morgan fingerprint density at radius 3 is 2.22 bits per heavy atom. The van der Waals surface area contributed by atoms with E-state index in [1.165, 1.54) is 21.8 Å². The smallest absolute Gasteiger partial charge is 0.250 e. The van der Waals surface area contributed by atoms with Crippen LogP contribution in [0.4, 0.5) is 0 Å². The Morgan fingerprint density at radius 1 is 0.963 bits per heavy atom. The molecule has 1 aromatic carbocycles. The molecule has 0 bridgehead atoms. The largest absolute Gasteiger partial charge is 0.339 e. The second-order valence-electron chi connectivity index (χ2n) is 8.27. The molecular weight excluding hydrogens is 338 g/mol. The van der Waals surface area contributed by atoms with Gasteiger partial charge >= 0.3 is 0 Å². The molecule has 1 aliphatic heterocycles. The van der Waals surface area contributed by atoms with Gasteiger partial charge in [0.05, 0.1) is 0 Å². The van der Waals surface area contributed by atoms with Gasteiger partial charge in [0.25, 0.3) is 5.56 Å². The van der Waals surface area contributed by atoms with Crippen molar-refractivity contribution in [2.75, 3.05) is 26.2 Å². The van der Waals surface area contributed by atoms with Crippen molar-refractivity contribution in [3.63, 3.8) is 0 Å². The lowest BCUT2D eigenvalue weighted by Gasteiger charge is -2.35. The fourth-order valence-electron chi connectivity index (χ4n) is 3.36. The zero-order valence-electron chi connectivity index (χ0n) is 16.5. The number of carbonyl (C=O) groups excluding carboxylic acids is 1. The first-order valence-electron chi connectivity index (χ1n) is 9.58. The molecule has 2 aromatic rings. The molecule has 0 spiro atoms. The van der Waals surface area contributed by atoms with Crippen molar-refractivity contribution >= 4 is 5.91 Å². The zero-order chi connectivity index (χ0) is 19.4. The van der Waals surface area contributed by atoms with E-state index in [1.807, 2.05) is 4.90 Å². The lowest BCUT2D eigenvalue weighted by atomic mass is 9.87. The Morgan fingerprint density at radius 2 is 1.63 bits per heavy atom. The second kappa shape index (κ2) is 8.09. The Balaban J connectivity index is 1.51. The molecule has 5 heteroatoms. The van der Waals surface area contributed by atoms with Crippen LogP contribution in [0.1, 0.15) is 31.9 Å². The van der Waals surface area contributed by atoms with E-state index in [1.54, 1.807) is 18.3 Å². The molecule has 0 radical (unpaired) electrons. The number of pyridine rings is 1. The van der Waals surface area contributed by atoms with E-state index in [0.29, 0.717) is 13.1 Å². The molecule has 0 unspecified atom stereocenters. The van der Waals surface area contributed by atoms with Crippen molar-refractivity contribution in [3.8, 4) is 0 Å². The van der Waals surface area contributed by atoms with Gasteiger partial charge in [-0.05, 0) is 22.6 Å². The third kappa shape index (κ3) is 5.07. The Labute approximate surface area is 161 Å². The van der Waals surface area contributed by atoms with Crippen molar-refractivity contribution in [2.24, 2.45) is 0 Å². The van der Waals surface area contributed by atoms with E-state index in [4.69, 9.17) is 0 Å². The van der Waals surface area contributed by atoms with Gasteiger partial charge in [-0.25, -0.2) is 0 Å². The molecule has 1 fully saturated rings. The van der Waals surface area contributed by atoms with Crippen LogP contribution in [-0.2, 0) is 23.3 Å². The molecule has 1 amide bonds. The normalized spacial score (nSPS) is 15.7. The van der Waals surface area contributed by atoms with E-state index in [9.17, 15) is 9.59 Å². The fourth-order valence-corrected chi connectivity index (χ4v) is 3.36. The van der Waals surface area contributed by atoms with Gasteiger partial charge in [0.2, 0.25) is 5.91 Å². The molecule has 27 heavy (non-hydrogen) atoms. The minimum Gasteiger partial charge on any atom is -0.339 e. The van der Waals surface area contributed by atoms with Crippen molar-refractivity contribution in [3.05, 3.63) is 70.1 Å². The molecule has 2 heterocycles. The quantitative estimate of drug-likeness (QED) is 0.834. The van der Waals surface area contributed by atoms with E-state index in [0.717, 1.165) is 19.6 Å². The summed E-state index contributed by atoms with van der Waals surface area (Å²) in [7, 11) is 0. The van der Waals surface area contributed by atoms with Crippen LogP contribution in [-0.4, -0.2) is 46.5 Å². The number of rotatable bonds is 4. The summed E-state index contributed by atoms with van der Waals surface area (Å²) in [6.07, 6.45) is 1.66. The molecule has 0 saturated carbocycles.